The summed E-state index contributed by atoms with van der Waals surface area (Å²) in [4.78, 5) is 13.6. The summed E-state index contributed by atoms with van der Waals surface area (Å²) >= 11 is 1.24. The van der Waals surface area contributed by atoms with Crippen molar-refractivity contribution >= 4 is 27.3 Å². The number of nitrogens with zero attached hydrogens (tertiary/aromatic N) is 1. The standard InChI is InChI=1S/C19H25N3O3S2/c1-15-5-7-17(8-6-15)14-20-19(23)16(2)21-9-11-22(12-10-21)27(24,25)18-4-3-13-26-18/h3-8,13,16H,9-12,14H2,1-2H3,(H,20,23)/p+1/t16-/m1/s1. The summed E-state index contributed by atoms with van der Waals surface area (Å²) in [6.07, 6.45) is 0. The third-order valence-corrected chi connectivity index (χ3v) is 8.32. The van der Waals surface area contributed by atoms with Crippen molar-refractivity contribution in [1.29, 1.82) is 0 Å². The maximum atomic E-state index is 12.6. The van der Waals surface area contributed by atoms with E-state index in [2.05, 4.69) is 5.32 Å². The lowest BCUT2D eigenvalue weighted by atomic mass is 10.1. The molecule has 1 atom stereocenters. The summed E-state index contributed by atoms with van der Waals surface area (Å²) in [6, 6.07) is 11.3. The average Bonchev–Trinajstić information content (AvgIpc) is 3.22. The number of benzene rings is 1. The van der Waals surface area contributed by atoms with E-state index >= 15 is 0 Å². The first-order chi connectivity index (χ1) is 12.9. The minimum Gasteiger partial charge on any atom is -0.347 e. The quantitative estimate of drug-likeness (QED) is 0.737. The Kier molecular flexibility index (Phi) is 6.31. The van der Waals surface area contributed by atoms with Crippen LogP contribution in [0.3, 0.4) is 0 Å². The monoisotopic (exact) mass is 408 g/mol. The van der Waals surface area contributed by atoms with Crippen LogP contribution < -0.4 is 10.2 Å². The Balaban J connectivity index is 1.51. The second-order valence-corrected chi connectivity index (χ2v) is 10.0. The van der Waals surface area contributed by atoms with Crippen LogP contribution in [-0.2, 0) is 21.4 Å². The average molecular weight is 409 g/mol. The molecule has 8 heteroatoms. The molecule has 2 N–H and O–H groups in total. The first-order valence-electron chi connectivity index (χ1n) is 9.09. The number of hydrogen-bond acceptors (Lipinski definition) is 4. The molecule has 0 saturated carbocycles. The highest BCUT2D eigenvalue weighted by atomic mass is 32.2. The van der Waals surface area contributed by atoms with Gasteiger partial charge in [0, 0.05) is 6.54 Å². The van der Waals surface area contributed by atoms with Gasteiger partial charge in [-0.1, -0.05) is 35.9 Å². The van der Waals surface area contributed by atoms with Gasteiger partial charge in [-0.3, -0.25) is 4.79 Å². The Morgan fingerprint density at radius 2 is 1.89 bits per heavy atom. The van der Waals surface area contributed by atoms with Gasteiger partial charge in [0.15, 0.2) is 6.04 Å². The van der Waals surface area contributed by atoms with Crippen LogP contribution in [0.4, 0.5) is 0 Å². The van der Waals surface area contributed by atoms with Gasteiger partial charge in [0.05, 0.1) is 26.2 Å². The topological polar surface area (TPSA) is 70.9 Å². The van der Waals surface area contributed by atoms with Crippen molar-refractivity contribution in [1.82, 2.24) is 9.62 Å². The van der Waals surface area contributed by atoms with Gasteiger partial charge in [0.1, 0.15) is 4.21 Å². The minimum atomic E-state index is -3.40. The Morgan fingerprint density at radius 1 is 1.22 bits per heavy atom. The maximum absolute atomic E-state index is 12.6. The Bertz CT molecular complexity index is 856. The van der Waals surface area contributed by atoms with Gasteiger partial charge < -0.3 is 10.2 Å². The fourth-order valence-electron chi connectivity index (χ4n) is 3.22. The van der Waals surface area contributed by atoms with E-state index in [1.165, 1.54) is 21.2 Å². The number of hydrogen-bond donors (Lipinski definition) is 2. The zero-order valence-electron chi connectivity index (χ0n) is 15.6. The minimum absolute atomic E-state index is 0.000129. The molecule has 146 valence electrons. The SMILES string of the molecule is Cc1ccc(CNC(=O)[C@@H](C)[NH+]2CCN(S(=O)(=O)c3cccs3)CC2)cc1. The van der Waals surface area contributed by atoms with Gasteiger partial charge in [-0.25, -0.2) is 8.42 Å². The molecule has 1 fully saturated rings. The van der Waals surface area contributed by atoms with E-state index in [9.17, 15) is 13.2 Å². The van der Waals surface area contributed by atoms with E-state index in [0.717, 1.165) is 10.5 Å². The predicted octanol–water partition coefficient (Wildman–Crippen LogP) is 0.651. The second-order valence-electron chi connectivity index (χ2n) is 6.92. The summed E-state index contributed by atoms with van der Waals surface area (Å²) in [7, 11) is -3.40. The number of sulfonamides is 1. The lowest BCUT2D eigenvalue weighted by Crippen LogP contribution is -3.19. The highest BCUT2D eigenvalue weighted by Crippen LogP contribution is 2.20. The molecule has 0 bridgehead atoms. The molecule has 1 aliphatic heterocycles. The highest BCUT2D eigenvalue weighted by Gasteiger charge is 2.34. The number of rotatable bonds is 6. The Labute approximate surface area is 164 Å². The summed E-state index contributed by atoms with van der Waals surface area (Å²) in [5, 5.41) is 4.76. The molecule has 0 spiro atoms. The number of nitrogens with one attached hydrogen (secondary N) is 2. The van der Waals surface area contributed by atoms with Gasteiger partial charge in [0.2, 0.25) is 0 Å². The normalized spacial score (nSPS) is 17.6. The molecule has 0 aliphatic carbocycles. The van der Waals surface area contributed by atoms with Gasteiger partial charge >= 0.3 is 0 Å². The molecule has 6 nitrogen and oxygen atoms in total. The number of piperazine rings is 1. The molecular weight excluding hydrogens is 382 g/mol. The first-order valence-corrected chi connectivity index (χ1v) is 11.4. The number of aryl methyl sites for hydroxylation is 1. The zero-order valence-corrected chi connectivity index (χ0v) is 17.3. The summed E-state index contributed by atoms with van der Waals surface area (Å²) in [5.74, 6) is 0.000129. The number of carbonyl (C=O) groups is 1. The maximum Gasteiger partial charge on any atom is 0.278 e. The number of quaternary nitrogens is 1. The van der Waals surface area contributed by atoms with Crippen LogP contribution in [0.25, 0.3) is 0 Å². The van der Waals surface area contributed by atoms with Gasteiger partial charge in [-0.05, 0) is 30.9 Å². The summed E-state index contributed by atoms with van der Waals surface area (Å²) in [6.45, 7) is 6.58. The summed E-state index contributed by atoms with van der Waals surface area (Å²) < 4.78 is 27.1. The lowest BCUT2D eigenvalue weighted by molar-refractivity contribution is -0.917. The van der Waals surface area contributed by atoms with Crippen molar-refractivity contribution in [2.75, 3.05) is 26.2 Å². The highest BCUT2D eigenvalue weighted by molar-refractivity contribution is 7.91. The van der Waals surface area contributed by atoms with E-state index in [1.807, 2.05) is 38.1 Å². The second kappa shape index (κ2) is 8.52. The fraction of sp³-hybridized carbons (Fsp3) is 0.421. The van der Waals surface area contributed by atoms with E-state index in [-0.39, 0.29) is 11.9 Å². The van der Waals surface area contributed by atoms with E-state index in [4.69, 9.17) is 0 Å². The third-order valence-electron chi connectivity index (χ3n) is 5.05. The molecule has 1 saturated heterocycles. The molecule has 1 amide bonds. The molecule has 0 unspecified atom stereocenters. The molecule has 2 aromatic rings. The van der Waals surface area contributed by atoms with Crippen molar-refractivity contribution < 1.29 is 18.1 Å². The van der Waals surface area contributed by atoms with Crippen LogP contribution in [0, 0.1) is 6.92 Å². The van der Waals surface area contributed by atoms with Crippen LogP contribution in [0.2, 0.25) is 0 Å². The number of amides is 1. The van der Waals surface area contributed by atoms with Crippen LogP contribution in [0.1, 0.15) is 18.1 Å². The predicted molar refractivity (Wildman–Crippen MR) is 106 cm³/mol. The van der Waals surface area contributed by atoms with Crippen LogP contribution in [0.15, 0.2) is 46.0 Å². The smallest absolute Gasteiger partial charge is 0.278 e. The molecule has 0 radical (unpaired) electrons. The van der Waals surface area contributed by atoms with E-state index in [0.29, 0.717) is 36.9 Å². The number of carbonyl (C=O) groups excluding carboxylic acids is 1. The molecule has 1 aromatic heterocycles. The third kappa shape index (κ3) is 4.76. The largest absolute Gasteiger partial charge is 0.347 e. The van der Waals surface area contributed by atoms with Gasteiger partial charge in [-0.15, -0.1) is 11.3 Å². The molecule has 27 heavy (non-hydrogen) atoms. The van der Waals surface area contributed by atoms with Crippen molar-refractivity contribution in [2.24, 2.45) is 0 Å². The van der Waals surface area contributed by atoms with Crippen LogP contribution in [0.5, 0.6) is 0 Å². The Hall–Kier alpha value is -1.74. The van der Waals surface area contributed by atoms with Crippen LogP contribution in [-0.4, -0.2) is 50.9 Å². The molecular formula is C19H26N3O3S2+. The number of thiophene rings is 1. The fourth-order valence-corrected chi connectivity index (χ4v) is 5.80. The van der Waals surface area contributed by atoms with Gasteiger partial charge in [-0.2, -0.15) is 4.31 Å². The van der Waals surface area contributed by atoms with E-state index < -0.39 is 10.0 Å². The molecule has 1 aliphatic rings. The molecule has 2 heterocycles. The van der Waals surface area contributed by atoms with Crippen molar-refractivity contribution in [3.05, 3.63) is 52.9 Å². The van der Waals surface area contributed by atoms with Crippen molar-refractivity contribution in [2.45, 2.75) is 30.6 Å². The summed E-state index contributed by atoms with van der Waals surface area (Å²) in [5.41, 5.74) is 2.27. The van der Waals surface area contributed by atoms with Crippen molar-refractivity contribution in [3.8, 4) is 0 Å². The van der Waals surface area contributed by atoms with E-state index in [1.54, 1.807) is 17.5 Å². The zero-order chi connectivity index (χ0) is 19.4. The Morgan fingerprint density at radius 3 is 2.48 bits per heavy atom. The first kappa shape index (κ1) is 20.0. The lowest BCUT2D eigenvalue weighted by Gasteiger charge is -2.33. The molecule has 1 aromatic carbocycles. The van der Waals surface area contributed by atoms with Gasteiger partial charge in [0.25, 0.3) is 15.9 Å². The van der Waals surface area contributed by atoms with Crippen molar-refractivity contribution in [3.63, 3.8) is 0 Å². The van der Waals surface area contributed by atoms with Crippen LogP contribution >= 0.6 is 11.3 Å². The molecule has 3 rings (SSSR count).